The van der Waals surface area contributed by atoms with Gasteiger partial charge in [0, 0.05) is 17.3 Å². The van der Waals surface area contributed by atoms with Crippen molar-refractivity contribution in [2.45, 2.75) is 26.2 Å². The molecular formula is C13H15FN2. The van der Waals surface area contributed by atoms with Crippen LogP contribution < -0.4 is 0 Å². The Labute approximate surface area is 94.7 Å². The average Bonchev–Trinajstić information content (AvgIpc) is 2.65. The molecule has 0 aliphatic rings. The molecule has 3 heteroatoms. The maximum Gasteiger partial charge on any atom is 0.125 e. The van der Waals surface area contributed by atoms with Crippen molar-refractivity contribution >= 4 is 0 Å². The largest absolute Gasteiger partial charge is 0.237 e. The van der Waals surface area contributed by atoms with Crippen molar-refractivity contribution in [3.05, 3.63) is 48.0 Å². The van der Waals surface area contributed by atoms with Gasteiger partial charge in [-0.2, -0.15) is 5.10 Å². The summed E-state index contributed by atoms with van der Waals surface area (Å²) in [5, 5.41) is 4.24. The third-order valence-corrected chi connectivity index (χ3v) is 2.46. The molecule has 0 atom stereocenters. The van der Waals surface area contributed by atoms with Crippen LogP contribution in [0, 0.1) is 5.82 Å². The van der Waals surface area contributed by atoms with Crippen molar-refractivity contribution in [1.82, 2.24) is 9.78 Å². The molecule has 1 aromatic heterocycles. The smallest absolute Gasteiger partial charge is 0.125 e. The number of hydrogen-bond donors (Lipinski definition) is 0. The zero-order chi connectivity index (χ0) is 11.8. The van der Waals surface area contributed by atoms with Crippen LogP contribution >= 0.6 is 0 Å². The lowest BCUT2D eigenvalue weighted by molar-refractivity contribution is 0.542. The number of benzene rings is 1. The van der Waals surface area contributed by atoms with Crippen molar-refractivity contribution in [1.29, 1.82) is 0 Å². The number of aromatic nitrogens is 2. The van der Waals surface area contributed by atoms with Gasteiger partial charge in [0.25, 0.3) is 0 Å². The maximum absolute atomic E-state index is 13.1. The van der Waals surface area contributed by atoms with Crippen LogP contribution in [0.25, 0.3) is 5.69 Å². The molecule has 0 spiro atoms. The summed E-state index contributed by atoms with van der Waals surface area (Å²) < 4.78 is 14.9. The number of halogens is 1. The molecule has 0 aliphatic carbocycles. The summed E-state index contributed by atoms with van der Waals surface area (Å²) in [5.74, 6) is -0.243. The third-order valence-electron chi connectivity index (χ3n) is 2.46. The maximum atomic E-state index is 13.1. The van der Waals surface area contributed by atoms with Gasteiger partial charge in [-0.1, -0.05) is 26.8 Å². The first-order valence-corrected chi connectivity index (χ1v) is 5.29. The van der Waals surface area contributed by atoms with Gasteiger partial charge in [-0.3, -0.25) is 0 Å². The average molecular weight is 218 g/mol. The zero-order valence-electron chi connectivity index (χ0n) is 9.74. The van der Waals surface area contributed by atoms with E-state index in [1.807, 2.05) is 12.1 Å². The number of nitrogens with zero attached hydrogens (tertiary/aromatic N) is 2. The lowest BCUT2D eigenvalue weighted by Crippen LogP contribution is -2.17. The molecule has 1 aromatic carbocycles. The van der Waals surface area contributed by atoms with E-state index in [0.29, 0.717) is 0 Å². The Hall–Kier alpha value is -1.64. The van der Waals surface area contributed by atoms with Crippen LogP contribution in [0.1, 0.15) is 26.5 Å². The molecule has 1 heterocycles. The van der Waals surface area contributed by atoms with Crippen LogP contribution in [0.3, 0.4) is 0 Å². The fourth-order valence-corrected chi connectivity index (χ4v) is 1.68. The van der Waals surface area contributed by atoms with Gasteiger partial charge in [0.2, 0.25) is 0 Å². The number of rotatable bonds is 1. The van der Waals surface area contributed by atoms with Crippen molar-refractivity contribution in [2.75, 3.05) is 0 Å². The molecular weight excluding hydrogens is 203 g/mol. The van der Waals surface area contributed by atoms with Crippen molar-refractivity contribution in [2.24, 2.45) is 0 Å². The summed E-state index contributed by atoms with van der Waals surface area (Å²) in [4.78, 5) is 0. The molecule has 2 aromatic rings. The standard InChI is InChI=1S/C13H15FN2/c1-13(2,3)12-7-8-15-16(12)11-6-4-5-10(14)9-11/h4-9H,1-3H3. The zero-order valence-corrected chi connectivity index (χ0v) is 9.74. The molecule has 0 amide bonds. The van der Waals surface area contributed by atoms with E-state index in [1.54, 1.807) is 16.9 Å². The summed E-state index contributed by atoms with van der Waals surface area (Å²) in [7, 11) is 0. The highest BCUT2D eigenvalue weighted by atomic mass is 19.1. The van der Waals surface area contributed by atoms with Crippen LogP contribution in [0.5, 0.6) is 0 Å². The van der Waals surface area contributed by atoms with Gasteiger partial charge in [-0.25, -0.2) is 9.07 Å². The normalized spacial score (nSPS) is 11.8. The molecule has 0 unspecified atom stereocenters. The SMILES string of the molecule is CC(C)(C)c1ccnn1-c1cccc(F)c1. The van der Waals surface area contributed by atoms with Crippen LogP contribution in [-0.2, 0) is 5.41 Å². The molecule has 0 aliphatic heterocycles. The van der Waals surface area contributed by atoms with Gasteiger partial charge in [-0.05, 0) is 24.3 Å². The summed E-state index contributed by atoms with van der Waals surface area (Å²) in [6, 6.07) is 8.43. The van der Waals surface area contributed by atoms with E-state index in [-0.39, 0.29) is 11.2 Å². The molecule has 0 saturated heterocycles. The van der Waals surface area contributed by atoms with E-state index in [2.05, 4.69) is 25.9 Å². The van der Waals surface area contributed by atoms with E-state index in [4.69, 9.17) is 0 Å². The van der Waals surface area contributed by atoms with Crippen molar-refractivity contribution < 1.29 is 4.39 Å². The molecule has 0 radical (unpaired) electrons. The lowest BCUT2D eigenvalue weighted by Gasteiger charge is -2.20. The molecule has 2 rings (SSSR count). The molecule has 0 bridgehead atoms. The highest BCUT2D eigenvalue weighted by Crippen LogP contribution is 2.24. The van der Waals surface area contributed by atoms with Gasteiger partial charge < -0.3 is 0 Å². The molecule has 0 saturated carbocycles. The predicted molar refractivity (Wildman–Crippen MR) is 62.2 cm³/mol. The van der Waals surface area contributed by atoms with Gasteiger partial charge in [0.05, 0.1) is 5.69 Å². The quantitative estimate of drug-likeness (QED) is 0.718. The second-order valence-electron chi connectivity index (χ2n) is 4.86. The Kier molecular flexibility index (Phi) is 2.54. The second kappa shape index (κ2) is 3.74. The first-order valence-electron chi connectivity index (χ1n) is 5.29. The minimum absolute atomic E-state index is 0.0111. The van der Waals surface area contributed by atoms with E-state index >= 15 is 0 Å². The van der Waals surface area contributed by atoms with Crippen LogP contribution in [-0.4, -0.2) is 9.78 Å². The molecule has 0 N–H and O–H groups in total. The molecule has 0 fully saturated rings. The predicted octanol–water partition coefficient (Wildman–Crippen LogP) is 3.31. The van der Waals surface area contributed by atoms with Gasteiger partial charge in [0.1, 0.15) is 5.82 Å². The minimum atomic E-state index is -0.243. The van der Waals surface area contributed by atoms with Crippen LogP contribution in [0.15, 0.2) is 36.5 Å². The van der Waals surface area contributed by atoms with Crippen LogP contribution in [0.4, 0.5) is 4.39 Å². The Morgan fingerprint density at radius 3 is 2.56 bits per heavy atom. The molecule has 84 valence electrons. The van der Waals surface area contributed by atoms with Crippen LogP contribution in [0.2, 0.25) is 0 Å². The highest BCUT2D eigenvalue weighted by Gasteiger charge is 2.19. The minimum Gasteiger partial charge on any atom is -0.237 e. The van der Waals surface area contributed by atoms with Gasteiger partial charge in [-0.15, -0.1) is 0 Å². The van der Waals surface area contributed by atoms with E-state index in [9.17, 15) is 4.39 Å². The first-order chi connectivity index (χ1) is 7.48. The number of hydrogen-bond acceptors (Lipinski definition) is 1. The second-order valence-corrected chi connectivity index (χ2v) is 4.86. The molecule has 16 heavy (non-hydrogen) atoms. The first kappa shape index (κ1) is 10.9. The highest BCUT2D eigenvalue weighted by molar-refractivity contribution is 5.34. The fourth-order valence-electron chi connectivity index (χ4n) is 1.68. The summed E-state index contributed by atoms with van der Waals surface area (Å²) in [6.07, 6.45) is 1.74. The summed E-state index contributed by atoms with van der Waals surface area (Å²) >= 11 is 0. The van der Waals surface area contributed by atoms with Gasteiger partial charge >= 0.3 is 0 Å². The fraction of sp³-hybridized carbons (Fsp3) is 0.308. The summed E-state index contributed by atoms with van der Waals surface area (Å²) in [5.41, 5.74) is 1.82. The Balaban J connectivity index is 2.53. The molecule has 2 nitrogen and oxygen atoms in total. The third kappa shape index (κ3) is 1.98. The Morgan fingerprint density at radius 1 is 1.19 bits per heavy atom. The monoisotopic (exact) mass is 218 g/mol. The van der Waals surface area contributed by atoms with Gasteiger partial charge in [0.15, 0.2) is 0 Å². The van der Waals surface area contributed by atoms with Crippen molar-refractivity contribution in [3.63, 3.8) is 0 Å². The van der Waals surface area contributed by atoms with E-state index < -0.39 is 0 Å². The van der Waals surface area contributed by atoms with E-state index in [1.165, 1.54) is 12.1 Å². The lowest BCUT2D eigenvalue weighted by atomic mass is 9.92. The Bertz CT molecular complexity index is 495. The summed E-state index contributed by atoms with van der Waals surface area (Å²) in [6.45, 7) is 6.33. The Morgan fingerprint density at radius 2 is 1.94 bits per heavy atom. The van der Waals surface area contributed by atoms with Crippen molar-refractivity contribution in [3.8, 4) is 5.69 Å². The topological polar surface area (TPSA) is 17.8 Å². The van der Waals surface area contributed by atoms with E-state index in [0.717, 1.165) is 11.4 Å².